The Kier molecular flexibility index (Phi) is 3.70. The molecule has 1 fully saturated rings. The summed E-state index contributed by atoms with van der Waals surface area (Å²) in [6, 6.07) is 0. The van der Waals surface area contributed by atoms with Crippen LogP contribution in [0.5, 0.6) is 0 Å². The largest absolute Gasteiger partial charge is 0.390 e. The van der Waals surface area contributed by atoms with Crippen molar-refractivity contribution in [3.63, 3.8) is 0 Å². The van der Waals surface area contributed by atoms with Crippen LogP contribution in [0.3, 0.4) is 0 Å². The quantitative estimate of drug-likeness (QED) is 0.858. The van der Waals surface area contributed by atoms with Gasteiger partial charge in [-0.3, -0.25) is 4.79 Å². The van der Waals surface area contributed by atoms with Gasteiger partial charge in [0.05, 0.1) is 36.0 Å². The maximum Gasteiger partial charge on any atom is 0.257 e. The van der Waals surface area contributed by atoms with Gasteiger partial charge in [-0.1, -0.05) is 0 Å². The molecule has 2 unspecified atom stereocenters. The highest BCUT2D eigenvalue weighted by Crippen LogP contribution is 2.41. The highest BCUT2D eigenvalue weighted by atomic mass is 32.1. The molecule has 2 aliphatic rings. The topological polar surface area (TPSA) is 64.8 Å². The smallest absolute Gasteiger partial charge is 0.257 e. The van der Waals surface area contributed by atoms with Gasteiger partial charge in [-0.2, -0.15) is 0 Å². The van der Waals surface area contributed by atoms with Crippen molar-refractivity contribution in [1.29, 1.82) is 0 Å². The monoisotopic (exact) mass is 296 g/mol. The fourth-order valence-corrected chi connectivity index (χ4v) is 4.02. The molecule has 0 radical (unpaired) electrons. The Bertz CT molecular complexity index is 523. The molecule has 5 nitrogen and oxygen atoms in total. The second-order valence-corrected chi connectivity index (χ2v) is 6.47. The molecule has 2 N–H and O–H groups in total. The normalized spacial score (nSPS) is 26.4. The van der Waals surface area contributed by atoms with E-state index in [1.165, 1.54) is 11.3 Å². The molecular formula is C14H20N2O3S. The number of rotatable bonds is 1. The number of hydrogen-bond acceptors (Lipinski definition) is 5. The van der Waals surface area contributed by atoms with Crippen LogP contribution in [0, 0.1) is 0 Å². The summed E-state index contributed by atoms with van der Waals surface area (Å²) in [6.07, 6.45) is 0.911. The van der Waals surface area contributed by atoms with Crippen molar-refractivity contribution in [2.75, 3.05) is 32.0 Å². The molecule has 0 bridgehead atoms. The number of nitrogens with zero attached hydrogens (tertiary/aromatic N) is 1. The van der Waals surface area contributed by atoms with E-state index >= 15 is 0 Å². The van der Waals surface area contributed by atoms with Crippen LogP contribution in [0.15, 0.2) is 0 Å². The summed E-state index contributed by atoms with van der Waals surface area (Å²) in [4.78, 5) is 15.7. The van der Waals surface area contributed by atoms with Crippen molar-refractivity contribution in [1.82, 2.24) is 4.90 Å². The van der Waals surface area contributed by atoms with Crippen LogP contribution in [-0.4, -0.2) is 43.2 Å². The zero-order valence-electron chi connectivity index (χ0n) is 11.8. The lowest BCUT2D eigenvalue weighted by Gasteiger charge is -2.29. The molecule has 1 amide bonds. The van der Waals surface area contributed by atoms with Gasteiger partial charge in [0.1, 0.15) is 0 Å². The molecule has 3 rings (SSSR count). The first-order valence-electron chi connectivity index (χ1n) is 7.01. The molecule has 0 aliphatic carbocycles. The molecule has 6 heteroatoms. The second-order valence-electron chi connectivity index (χ2n) is 5.38. The number of hydrogen-bond donors (Lipinski definition) is 1. The van der Waals surface area contributed by atoms with Gasteiger partial charge in [-0.05, 0) is 19.4 Å². The van der Waals surface area contributed by atoms with Crippen LogP contribution in [0.4, 0.5) is 5.00 Å². The molecule has 2 aliphatic heterocycles. The van der Waals surface area contributed by atoms with Gasteiger partial charge in [0.15, 0.2) is 0 Å². The lowest BCUT2D eigenvalue weighted by atomic mass is 9.98. The molecule has 1 aromatic rings. The van der Waals surface area contributed by atoms with Gasteiger partial charge in [0.2, 0.25) is 0 Å². The van der Waals surface area contributed by atoms with Gasteiger partial charge >= 0.3 is 0 Å². The highest BCUT2D eigenvalue weighted by Gasteiger charge is 2.33. The molecule has 0 aromatic carbocycles. The Hall–Kier alpha value is -1.11. The predicted molar refractivity (Wildman–Crippen MR) is 78.1 cm³/mol. The number of nitrogens with two attached hydrogens (primary N) is 1. The van der Waals surface area contributed by atoms with Crippen molar-refractivity contribution in [3.05, 3.63) is 16.0 Å². The van der Waals surface area contributed by atoms with Crippen LogP contribution in [0.2, 0.25) is 0 Å². The van der Waals surface area contributed by atoms with Crippen molar-refractivity contribution >= 4 is 22.2 Å². The van der Waals surface area contributed by atoms with Crippen molar-refractivity contribution in [2.45, 2.75) is 32.5 Å². The second kappa shape index (κ2) is 5.35. The first kappa shape index (κ1) is 13.9. The SMILES string of the molecule is CC1Cc2c(sc(N)c2C(=O)N2CCOCC2)C(C)O1. The third-order valence-electron chi connectivity index (χ3n) is 3.87. The fourth-order valence-electron chi connectivity index (χ4n) is 2.94. The van der Waals surface area contributed by atoms with E-state index in [4.69, 9.17) is 15.2 Å². The summed E-state index contributed by atoms with van der Waals surface area (Å²) in [7, 11) is 0. The average molecular weight is 296 g/mol. The minimum atomic E-state index is 0.0206. The number of fused-ring (bicyclic) bond motifs is 1. The van der Waals surface area contributed by atoms with E-state index in [2.05, 4.69) is 0 Å². The van der Waals surface area contributed by atoms with Crippen LogP contribution in [-0.2, 0) is 15.9 Å². The van der Waals surface area contributed by atoms with E-state index in [-0.39, 0.29) is 18.1 Å². The molecule has 20 heavy (non-hydrogen) atoms. The molecule has 1 saturated heterocycles. The predicted octanol–water partition coefficient (Wildman–Crippen LogP) is 1.82. The number of anilines is 1. The summed E-state index contributed by atoms with van der Waals surface area (Å²) in [5, 5.41) is 0.621. The van der Waals surface area contributed by atoms with E-state index in [1.54, 1.807) is 0 Å². The molecule has 1 aromatic heterocycles. The van der Waals surface area contributed by atoms with E-state index in [9.17, 15) is 4.79 Å². The van der Waals surface area contributed by atoms with Gasteiger partial charge < -0.3 is 20.1 Å². The van der Waals surface area contributed by atoms with Gasteiger partial charge in [0.25, 0.3) is 5.91 Å². The molecule has 0 saturated carbocycles. The van der Waals surface area contributed by atoms with Gasteiger partial charge in [-0.15, -0.1) is 11.3 Å². The van der Waals surface area contributed by atoms with E-state index in [0.717, 1.165) is 16.9 Å². The summed E-state index contributed by atoms with van der Waals surface area (Å²) in [5.74, 6) is 0.0459. The maximum atomic E-state index is 12.7. The molecule has 2 atom stereocenters. The number of carbonyl (C=O) groups is 1. The summed E-state index contributed by atoms with van der Waals surface area (Å²) in [6.45, 7) is 6.56. The third kappa shape index (κ3) is 2.32. The number of morpholine rings is 1. The Labute approximate surface area is 122 Å². The molecular weight excluding hydrogens is 276 g/mol. The Morgan fingerprint density at radius 1 is 1.35 bits per heavy atom. The minimum absolute atomic E-state index is 0.0206. The molecule has 110 valence electrons. The number of thiophene rings is 1. The minimum Gasteiger partial charge on any atom is -0.390 e. The first-order valence-corrected chi connectivity index (χ1v) is 7.83. The van der Waals surface area contributed by atoms with Crippen LogP contribution in [0.25, 0.3) is 0 Å². The summed E-state index contributed by atoms with van der Waals surface area (Å²) in [5.41, 5.74) is 7.92. The molecule has 3 heterocycles. The average Bonchev–Trinajstić information content (AvgIpc) is 2.76. The van der Waals surface area contributed by atoms with Crippen molar-refractivity contribution in [2.24, 2.45) is 0 Å². The third-order valence-corrected chi connectivity index (χ3v) is 5.10. The zero-order chi connectivity index (χ0) is 14.3. The number of carbonyl (C=O) groups excluding carboxylic acids is 1. The summed E-state index contributed by atoms with van der Waals surface area (Å²) >= 11 is 1.49. The van der Waals surface area contributed by atoms with Crippen LogP contribution >= 0.6 is 11.3 Å². The van der Waals surface area contributed by atoms with Gasteiger partial charge in [0, 0.05) is 24.4 Å². The van der Waals surface area contributed by atoms with Crippen molar-refractivity contribution < 1.29 is 14.3 Å². The van der Waals surface area contributed by atoms with Gasteiger partial charge in [-0.25, -0.2) is 0 Å². The Morgan fingerprint density at radius 2 is 2.05 bits per heavy atom. The fraction of sp³-hybridized carbons (Fsp3) is 0.643. The van der Waals surface area contributed by atoms with Crippen LogP contribution < -0.4 is 5.73 Å². The van der Waals surface area contributed by atoms with Crippen molar-refractivity contribution in [3.8, 4) is 0 Å². The van der Waals surface area contributed by atoms with E-state index < -0.39 is 0 Å². The van der Waals surface area contributed by atoms with E-state index in [1.807, 2.05) is 18.7 Å². The number of ether oxygens (including phenoxy) is 2. The highest BCUT2D eigenvalue weighted by molar-refractivity contribution is 7.16. The molecule has 0 spiro atoms. The Balaban J connectivity index is 1.95. The van der Waals surface area contributed by atoms with Crippen LogP contribution in [0.1, 0.15) is 40.8 Å². The number of amides is 1. The number of nitrogen functional groups attached to an aromatic ring is 1. The Morgan fingerprint density at radius 3 is 2.75 bits per heavy atom. The summed E-state index contributed by atoms with van der Waals surface area (Å²) < 4.78 is 11.1. The first-order chi connectivity index (χ1) is 9.58. The lowest BCUT2D eigenvalue weighted by Crippen LogP contribution is -2.41. The zero-order valence-corrected chi connectivity index (χ0v) is 12.7. The van der Waals surface area contributed by atoms with E-state index in [0.29, 0.717) is 36.9 Å². The standard InChI is InChI=1S/C14H20N2O3S/c1-8-7-10-11(13(15)20-12(10)9(2)19-8)14(17)16-3-5-18-6-4-16/h8-9H,3-7,15H2,1-2H3. The maximum absolute atomic E-state index is 12.7. The lowest BCUT2D eigenvalue weighted by molar-refractivity contribution is -0.00254.